The number of nitrogens with zero attached hydrogens (tertiary/aromatic N) is 2. The lowest BCUT2D eigenvalue weighted by atomic mass is 10.2. The van der Waals surface area contributed by atoms with Crippen molar-refractivity contribution in [3.8, 4) is 0 Å². The fraction of sp³-hybridized carbons (Fsp3) is 0.400. The summed E-state index contributed by atoms with van der Waals surface area (Å²) < 4.78 is 5.33. The van der Waals surface area contributed by atoms with Gasteiger partial charge in [0.2, 0.25) is 11.0 Å². The number of anilines is 1. The number of morpholine rings is 1. The molecule has 0 radical (unpaired) electrons. The van der Waals surface area contributed by atoms with Crippen molar-refractivity contribution in [1.29, 1.82) is 0 Å². The highest BCUT2D eigenvalue weighted by Gasteiger charge is 2.18. The minimum atomic E-state index is -0.0848. The van der Waals surface area contributed by atoms with Crippen LogP contribution in [0.3, 0.4) is 0 Å². The number of benzene rings is 1. The van der Waals surface area contributed by atoms with E-state index in [1.807, 2.05) is 24.3 Å². The molecule has 0 bridgehead atoms. The van der Waals surface area contributed by atoms with E-state index in [9.17, 15) is 4.79 Å². The molecule has 1 aliphatic heterocycles. The van der Waals surface area contributed by atoms with Crippen molar-refractivity contribution in [2.45, 2.75) is 18.9 Å². The van der Waals surface area contributed by atoms with Crippen molar-refractivity contribution in [1.82, 2.24) is 15.5 Å². The highest BCUT2D eigenvalue weighted by atomic mass is 35.5. The molecule has 130 valence electrons. The molecule has 1 amide bonds. The molecule has 3 rings (SSSR count). The van der Waals surface area contributed by atoms with E-state index in [-0.39, 0.29) is 24.4 Å². The van der Waals surface area contributed by atoms with Gasteiger partial charge in [-0.3, -0.25) is 4.79 Å². The Morgan fingerprint density at radius 3 is 3.08 bits per heavy atom. The molecular formula is C15H18Cl2N4O2S. The number of hydrogen-bond acceptors (Lipinski definition) is 6. The van der Waals surface area contributed by atoms with Crippen LogP contribution in [-0.4, -0.2) is 41.9 Å². The predicted octanol–water partition coefficient (Wildman–Crippen LogP) is 2.52. The number of nitrogens with one attached hydrogen (secondary N) is 2. The molecule has 1 saturated heterocycles. The van der Waals surface area contributed by atoms with Gasteiger partial charge in [0, 0.05) is 30.5 Å². The molecule has 0 spiro atoms. The molecule has 2 aromatic rings. The fourth-order valence-corrected chi connectivity index (χ4v) is 3.35. The molecule has 0 saturated carbocycles. The summed E-state index contributed by atoms with van der Waals surface area (Å²) in [4.78, 5) is 12.0. The second-order valence-corrected chi connectivity index (χ2v) is 6.78. The van der Waals surface area contributed by atoms with E-state index in [0.29, 0.717) is 36.2 Å². The number of aromatic nitrogens is 2. The van der Waals surface area contributed by atoms with Crippen molar-refractivity contribution < 1.29 is 9.53 Å². The molecule has 1 unspecified atom stereocenters. The first-order chi connectivity index (χ1) is 11.2. The van der Waals surface area contributed by atoms with Crippen LogP contribution in [-0.2, 0) is 16.0 Å². The maximum absolute atomic E-state index is 12.0. The second-order valence-electron chi connectivity index (χ2n) is 5.29. The summed E-state index contributed by atoms with van der Waals surface area (Å²) in [6.45, 7) is 2.03. The molecular weight excluding hydrogens is 371 g/mol. The Morgan fingerprint density at radius 2 is 2.33 bits per heavy atom. The third-order valence-corrected chi connectivity index (χ3v) is 4.46. The summed E-state index contributed by atoms with van der Waals surface area (Å²) in [5.41, 5.74) is 1.06. The molecule has 6 nitrogen and oxygen atoms in total. The predicted molar refractivity (Wildman–Crippen MR) is 97.3 cm³/mol. The van der Waals surface area contributed by atoms with Gasteiger partial charge in [-0.25, -0.2) is 0 Å². The quantitative estimate of drug-likeness (QED) is 0.822. The Kier molecular flexibility index (Phi) is 7.39. The van der Waals surface area contributed by atoms with Crippen LogP contribution in [0.15, 0.2) is 24.3 Å². The van der Waals surface area contributed by atoms with Gasteiger partial charge < -0.3 is 15.4 Å². The van der Waals surface area contributed by atoms with Gasteiger partial charge in [-0.2, -0.15) is 0 Å². The SMILES string of the molecule is Cl.O=C(CC1COCCN1)Nc1nnc(Cc2cccc(Cl)c2)s1. The Bertz CT molecular complexity index is 677. The zero-order valence-corrected chi connectivity index (χ0v) is 15.2. The number of rotatable bonds is 5. The topological polar surface area (TPSA) is 76.1 Å². The zero-order chi connectivity index (χ0) is 16.1. The fourth-order valence-electron chi connectivity index (χ4n) is 2.34. The van der Waals surface area contributed by atoms with Gasteiger partial charge in [0.15, 0.2) is 0 Å². The number of amides is 1. The Morgan fingerprint density at radius 1 is 1.46 bits per heavy atom. The van der Waals surface area contributed by atoms with Gasteiger partial charge in [-0.1, -0.05) is 35.1 Å². The number of halogens is 2. The molecule has 1 aromatic carbocycles. The maximum atomic E-state index is 12.0. The first kappa shape index (κ1) is 19.1. The van der Waals surface area contributed by atoms with Crippen molar-refractivity contribution in [3.63, 3.8) is 0 Å². The van der Waals surface area contributed by atoms with Gasteiger partial charge in [0.25, 0.3) is 0 Å². The van der Waals surface area contributed by atoms with Crippen LogP contribution in [0, 0.1) is 0 Å². The number of carbonyl (C=O) groups is 1. The van der Waals surface area contributed by atoms with E-state index in [2.05, 4.69) is 20.8 Å². The minimum absolute atomic E-state index is 0. The minimum Gasteiger partial charge on any atom is -0.378 e. The average Bonchev–Trinajstić information content (AvgIpc) is 2.95. The average molecular weight is 389 g/mol. The van der Waals surface area contributed by atoms with E-state index in [1.54, 1.807) is 0 Å². The monoisotopic (exact) mass is 388 g/mol. The van der Waals surface area contributed by atoms with Crippen LogP contribution in [0.25, 0.3) is 0 Å². The van der Waals surface area contributed by atoms with Crippen LogP contribution >= 0.6 is 35.3 Å². The van der Waals surface area contributed by atoms with Gasteiger partial charge >= 0.3 is 0 Å². The molecule has 1 atom stereocenters. The summed E-state index contributed by atoms with van der Waals surface area (Å²) in [6, 6.07) is 7.68. The van der Waals surface area contributed by atoms with E-state index in [4.69, 9.17) is 16.3 Å². The lowest BCUT2D eigenvalue weighted by Gasteiger charge is -2.22. The third-order valence-electron chi connectivity index (χ3n) is 3.39. The van der Waals surface area contributed by atoms with E-state index in [1.165, 1.54) is 11.3 Å². The lowest BCUT2D eigenvalue weighted by molar-refractivity contribution is -0.117. The van der Waals surface area contributed by atoms with E-state index < -0.39 is 0 Å². The van der Waals surface area contributed by atoms with Gasteiger partial charge in [0.1, 0.15) is 5.01 Å². The molecule has 2 N–H and O–H groups in total. The number of hydrogen-bond donors (Lipinski definition) is 2. The van der Waals surface area contributed by atoms with Gasteiger partial charge in [0.05, 0.1) is 13.2 Å². The Hall–Kier alpha value is -1.25. The highest BCUT2D eigenvalue weighted by Crippen LogP contribution is 2.20. The van der Waals surface area contributed by atoms with Gasteiger partial charge in [-0.15, -0.1) is 22.6 Å². The van der Waals surface area contributed by atoms with E-state index >= 15 is 0 Å². The first-order valence-electron chi connectivity index (χ1n) is 7.37. The number of ether oxygens (including phenoxy) is 1. The summed E-state index contributed by atoms with van der Waals surface area (Å²) in [5, 5.41) is 16.2. The Labute approximate surface area is 155 Å². The Balaban J connectivity index is 0.00000208. The van der Waals surface area contributed by atoms with Gasteiger partial charge in [-0.05, 0) is 17.7 Å². The molecule has 1 fully saturated rings. The normalized spacial score (nSPS) is 17.1. The van der Waals surface area contributed by atoms with Crippen LogP contribution in [0.5, 0.6) is 0 Å². The van der Waals surface area contributed by atoms with Crippen LogP contribution < -0.4 is 10.6 Å². The third kappa shape index (κ3) is 5.68. The summed E-state index contributed by atoms with van der Waals surface area (Å²) in [7, 11) is 0. The molecule has 0 aliphatic carbocycles. The number of carbonyl (C=O) groups excluding carboxylic acids is 1. The lowest BCUT2D eigenvalue weighted by Crippen LogP contribution is -2.43. The van der Waals surface area contributed by atoms with E-state index in [0.717, 1.165) is 17.1 Å². The second kappa shape index (κ2) is 9.29. The van der Waals surface area contributed by atoms with Crippen LogP contribution in [0.1, 0.15) is 17.0 Å². The standard InChI is InChI=1S/C15H17ClN4O2S.ClH/c16-11-3-1-2-10(6-11)7-14-19-20-15(23-14)18-13(21)8-12-9-22-5-4-17-12;/h1-3,6,12,17H,4-5,7-9H2,(H,18,20,21);1H. The van der Waals surface area contributed by atoms with Crippen LogP contribution in [0.4, 0.5) is 5.13 Å². The smallest absolute Gasteiger partial charge is 0.227 e. The summed E-state index contributed by atoms with van der Waals surface area (Å²) in [6.07, 6.45) is 1.01. The van der Waals surface area contributed by atoms with Crippen molar-refractivity contribution in [2.24, 2.45) is 0 Å². The maximum Gasteiger partial charge on any atom is 0.227 e. The zero-order valence-electron chi connectivity index (χ0n) is 12.8. The molecule has 1 aromatic heterocycles. The summed E-state index contributed by atoms with van der Waals surface area (Å²) >= 11 is 7.35. The molecule has 24 heavy (non-hydrogen) atoms. The van der Waals surface area contributed by atoms with Crippen molar-refractivity contribution in [3.05, 3.63) is 39.9 Å². The largest absolute Gasteiger partial charge is 0.378 e. The molecule has 9 heteroatoms. The molecule has 1 aliphatic rings. The summed E-state index contributed by atoms with van der Waals surface area (Å²) in [5.74, 6) is -0.0848. The molecule has 2 heterocycles. The first-order valence-corrected chi connectivity index (χ1v) is 8.56. The van der Waals surface area contributed by atoms with Crippen molar-refractivity contribution >= 4 is 46.4 Å². The highest BCUT2D eigenvalue weighted by molar-refractivity contribution is 7.15. The van der Waals surface area contributed by atoms with Crippen molar-refractivity contribution in [2.75, 3.05) is 25.1 Å². The van der Waals surface area contributed by atoms with Crippen LogP contribution in [0.2, 0.25) is 5.02 Å².